The molecule has 1 aromatic carbocycles. The third-order valence-corrected chi connectivity index (χ3v) is 1.91. The lowest BCUT2D eigenvalue weighted by atomic mass is 10.2. The van der Waals surface area contributed by atoms with Crippen LogP contribution in [0.1, 0.15) is 19.3 Å². The molecule has 0 aliphatic heterocycles. The van der Waals surface area contributed by atoms with Gasteiger partial charge in [0.1, 0.15) is 11.6 Å². The Bertz CT molecular complexity index is 271. The van der Waals surface area contributed by atoms with E-state index in [0.29, 0.717) is 12.4 Å². The molecule has 0 unspecified atom stereocenters. The van der Waals surface area contributed by atoms with Gasteiger partial charge in [0.25, 0.3) is 0 Å². The van der Waals surface area contributed by atoms with Crippen molar-refractivity contribution in [3.63, 3.8) is 0 Å². The molecule has 0 aliphatic carbocycles. The fraction of sp³-hybridized carbons (Fsp3) is 0.455. The zero-order chi connectivity index (χ0) is 10.2. The van der Waals surface area contributed by atoms with Gasteiger partial charge in [-0.1, -0.05) is 6.07 Å². The molecule has 0 fully saturated rings. The molecule has 4 heteroatoms. The van der Waals surface area contributed by atoms with Crippen molar-refractivity contribution in [1.29, 1.82) is 0 Å². The number of rotatable bonds is 6. The Kier molecular flexibility index (Phi) is 8.05. The second kappa shape index (κ2) is 8.50. The molecular formula is C11H17ClFNO. The first kappa shape index (κ1) is 14.2. The maximum Gasteiger partial charge on any atom is 0.126 e. The Morgan fingerprint density at radius 3 is 2.67 bits per heavy atom. The van der Waals surface area contributed by atoms with Gasteiger partial charge in [0, 0.05) is 6.07 Å². The first-order chi connectivity index (χ1) is 6.83. The molecule has 0 aliphatic rings. The molecule has 0 bridgehead atoms. The molecule has 0 aromatic heterocycles. The van der Waals surface area contributed by atoms with Gasteiger partial charge in [0.2, 0.25) is 0 Å². The average molecular weight is 234 g/mol. The highest BCUT2D eigenvalue weighted by atomic mass is 35.5. The van der Waals surface area contributed by atoms with E-state index in [1.54, 1.807) is 12.1 Å². The van der Waals surface area contributed by atoms with E-state index >= 15 is 0 Å². The Balaban J connectivity index is 0.00000196. The molecule has 0 atom stereocenters. The number of nitrogens with two attached hydrogens (primary N) is 1. The zero-order valence-corrected chi connectivity index (χ0v) is 9.43. The first-order valence-corrected chi connectivity index (χ1v) is 4.91. The molecular weight excluding hydrogens is 217 g/mol. The summed E-state index contributed by atoms with van der Waals surface area (Å²) in [7, 11) is 0. The van der Waals surface area contributed by atoms with Crippen LogP contribution < -0.4 is 10.5 Å². The minimum Gasteiger partial charge on any atom is -0.493 e. The molecule has 2 nitrogen and oxygen atoms in total. The molecule has 0 saturated carbocycles. The predicted molar refractivity (Wildman–Crippen MR) is 62.0 cm³/mol. The second-order valence-electron chi connectivity index (χ2n) is 3.16. The van der Waals surface area contributed by atoms with Crippen molar-refractivity contribution in [3.05, 3.63) is 30.1 Å². The summed E-state index contributed by atoms with van der Waals surface area (Å²) in [4.78, 5) is 0. The van der Waals surface area contributed by atoms with Gasteiger partial charge in [-0.25, -0.2) is 4.39 Å². The van der Waals surface area contributed by atoms with E-state index in [9.17, 15) is 4.39 Å². The van der Waals surface area contributed by atoms with Crippen molar-refractivity contribution in [2.75, 3.05) is 13.2 Å². The average Bonchev–Trinajstić information content (AvgIpc) is 2.18. The molecule has 1 aromatic rings. The van der Waals surface area contributed by atoms with Gasteiger partial charge in [-0.15, -0.1) is 12.4 Å². The highest BCUT2D eigenvalue weighted by Gasteiger charge is 1.95. The molecule has 1 rings (SSSR count). The van der Waals surface area contributed by atoms with E-state index < -0.39 is 0 Å². The zero-order valence-electron chi connectivity index (χ0n) is 8.62. The van der Waals surface area contributed by atoms with Gasteiger partial charge in [0.05, 0.1) is 6.61 Å². The standard InChI is InChI=1S/C11H16FNO.ClH/c12-10-5-4-6-11(9-10)14-8-3-1-2-7-13;/h4-6,9H,1-3,7-8,13H2;1H. The summed E-state index contributed by atoms with van der Waals surface area (Å²) in [5.41, 5.74) is 5.35. The summed E-state index contributed by atoms with van der Waals surface area (Å²) in [5.74, 6) is 0.335. The minimum atomic E-state index is -0.260. The van der Waals surface area contributed by atoms with Crippen LogP contribution in [0.4, 0.5) is 4.39 Å². The van der Waals surface area contributed by atoms with E-state index in [2.05, 4.69) is 0 Å². The van der Waals surface area contributed by atoms with Crippen LogP contribution in [0.2, 0.25) is 0 Å². The van der Waals surface area contributed by atoms with Crippen molar-refractivity contribution in [1.82, 2.24) is 0 Å². The van der Waals surface area contributed by atoms with Gasteiger partial charge in [-0.3, -0.25) is 0 Å². The lowest BCUT2D eigenvalue weighted by molar-refractivity contribution is 0.304. The van der Waals surface area contributed by atoms with Gasteiger partial charge in [0.15, 0.2) is 0 Å². The summed E-state index contributed by atoms with van der Waals surface area (Å²) in [6.45, 7) is 1.35. The molecule has 0 heterocycles. The number of ether oxygens (including phenoxy) is 1. The third-order valence-electron chi connectivity index (χ3n) is 1.91. The Morgan fingerprint density at radius 1 is 1.20 bits per heavy atom. The lowest BCUT2D eigenvalue weighted by Crippen LogP contribution is -2.01. The van der Waals surface area contributed by atoms with Crippen LogP contribution in [-0.2, 0) is 0 Å². The third kappa shape index (κ3) is 6.31. The van der Waals surface area contributed by atoms with Crippen molar-refractivity contribution in [2.45, 2.75) is 19.3 Å². The van der Waals surface area contributed by atoms with Crippen molar-refractivity contribution in [3.8, 4) is 5.75 Å². The smallest absolute Gasteiger partial charge is 0.126 e. The van der Waals surface area contributed by atoms with Gasteiger partial charge in [-0.2, -0.15) is 0 Å². The van der Waals surface area contributed by atoms with E-state index in [4.69, 9.17) is 10.5 Å². The number of halogens is 2. The van der Waals surface area contributed by atoms with Crippen LogP contribution in [-0.4, -0.2) is 13.2 Å². The SMILES string of the molecule is Cl.NCCCCCOc1cccc(F)c1. The summed E-state index contributed by atoms with van der Waals surface area (Å²) >= 11 is 0. The molecule has 0 amide bonds. The van der Waals surface area contributed by atoms with E-state index in [1.165, 1.54) is 12.1 Å². The van der Waals surface area contributed by atoms with Crippen molar-refractivity contribution in [2.24, 2.45) is 5.73 Å². The Labute approximate surface area is 96.0 Å². The lowest BCUT2D eigenvalue weighted by Gasteiger charge is -2.05. The van der Waals surface area contributed by atoms with Crippen molar-refractivity contribution >= 4 is 12.4 Å². The van der Waals surface area contributed by atoms with Crippen LogP contribution >= 0.6 is 12.4 Å². The van der Waals surface area contributed by atoms with Crippen LogP contribution in [0.5, 0.6) is 5.75 Å². The number of benzene rings is 1. The maximum atomic E-state index is 12.7. The summed E-state index contributed by atoms with van der Waals surface area (Å²) in [6.07, 6.45) is 3.05. The normalized spacial score (nSPS) is 9.47. The molecule has 15 heavy (non-hydrogen) atoms. The van der Waals surface area contributed by atoms with E-state index in [-0.39, 0.29) is 18.2 Å². The molecule has 0 spiro atoms. The Morgan fingerprint density at radius 2 is 2.00 bits per heavy atom. The van der Waals surface area contributed by atoms with Crippen molar-refractivity contribution < 1.29 is 9.13 Å². The van der Waals surface area contributed by atoms with Crippen LogP contribution in [0.3, 0.4) is 0 Å². The summed E-state index contributed by atoms with van der Waals surface area (Å²) in [5, 5.41) is 0. The Hall–Kier alpha value is -0.800. The van der Waals surface area contributed by atoms with Gasteiger partial charge >= 0.3 is 0 Å². The van der Waals surface area contributed by atoms with Crippen LogP contribution in [0, 0.1) is 5.82 Å². The minimum absolute atomic E-state index is 0. The molecule has 86 valence electrons. The van der Waals surface area contributed by atoms with Gasteiger partial charge < -0.3 is 10.5 Å². The number of hydrogen-bond donors (Lipinski definition) is 1. The first-order valence-electron chi connectivity index (χ1n) is 4.91. The fourth-order valence-corrected chi connectivity index (χ4v) is 1.17. The monoisotopic (exact) mass is 233 g/mol. The number of hydrogen-bond acceptors (Lipinski definition) is 2. The number of unbranched alkanes of at least 4 members (excludes halogenated alkanes) is 2. The highest BCUT2D eigenvalue weighted by molar-refractivity contribution is 5.85. The highest BCUT2D eigenvalue weighted by Crippen LogP contribution is 2.12. The summed E-state index contributed by atoms with van der Waals surface area (Å²) < 4.78 is 18.1. The fourth-order valence-electron chi connectivity index (χ4n) is 1.17. The van der Waals surface area contributed by atoms with E-state index in [0.717, 1.165) is 25.8 Å². The molecule has 0 saturated heterocycles. The second-order valence-corrected chi connectivity index (χ2v) is 3.16. The largest absolute Gasteiger partial charge is 0.493 e. The summed E-state index contributed by atoms with van der Waals surface area (Å²) in [6, 6.07) is 6.20. The topological polar surface area (TPSA) is 35.2 Å². The molecule has 0 radical (unpaired) electrons. The quantitative estimate of drug-likeness (QED) is 0.767. The predicted octanol–water partition coefficient (Wildman–Crippen LogP) is 2.76. The van der Waals surface area contributed by atoms with Crippen LogP contribution in [0.15, 0.2) is 24.3 Å². The molecule has 2 N–H and O–H groups in total. The van der Waals surface area contributed by atoms with Crippen LogP contribution in [0.25, 0.3) is 0 Å². The van der Waals surface area contributed by atoms with Gasteiger partial charge in [-0.05, 0) is 37.9 Å². The maximum absolute atomic E-state index is 12.7. The van der Waals surface area contributed by atoms with E-state index in [1.807, 2.05) is 0 Å².